The fourth-order valence-electron chi connectivity index (χ4n) is 3.87. The summed E-state index contributed by atoms with van der Waals surface area (Å²) in [6, 6.07) is 15.8. The number of rotatable bonds is 9. The molecule has 7 nitrogen and oxygen atoms in total. The summed E-state index contributed by atoms with van der Waals surface area (Å²) in [5.41, 5.74) is 3.76. The van der Waals surface area contributed by atoms with Gasteiger partial charge in [-0.1, -0.05) is 17.3 Å². The van der Waals surface area contributed by atoms with E-state index in [-0.39, 0.29) is 6.04 Å². The van der Waals surface area contributed by atoms with Crippen molar-refractivity contribution in [1.29, 1.82) is 0 Å². The first-order valence-electron chi connectivity index (χ1n) is 11.0. The summed E-state index contributed by atoms with van der Waals surface area (Å²) in [5, 5.41) is 8.36. The van der Waals surface area contributed by atoms with Crippen LogP contribution in [0.15, 0.2) is 63.6 Å². The van der Waals surface area contributed by atoms with Gasteiger partial charge in [-0.3, -0.25) is 0 Å². The molecule has 0 spiro atoms. The number of hydrogen-bond acceptors (Lipinski definition) is 7. The average molecular weight is 497 g/mol. The van der Waals surface area contributed by atoms with Crippen LogP contribution in [0.2, 0.25) is 0 Å². The summed E-state index contributed by atoms with van der Waals surface area (Å²) in [6.45, 7) is 5.76. The summed E-state index contributed by atoms with van der Waals surface area (Å²) < 4.78 is 16.7. The van der Waals surface area contributed by atoms with Crippen LogP contribution in [-0.4, -0.2) is 53.3 Å². The Morgan fingerprint density at radius 2 is 1.88 bits per heavy atom. The zero-order valence-electron chi connectivity index (χ0n) is 19.7. The van der Waals surface area contributed by atoms with E-state index in [0.717, 1.165) is 28.1 Å². The number of nitrogens with zero attached hydrogens (tertiary/aromatic N) is 3. The predicted molar refractivity (Wildman–Crippen MR) is 139 cm³/mol. The van der Waals surface area contributed by atoms with E-state index in [1.807, 2.05) is 61.4 Å². The number of thioether (sulfide) groups is 1. The summed E-state index contributed by atoms with van der Waals surface area (Å²) in [5.74, 6) is 1.82. The van der Waals surface area contributed by atoms with Crippen LogP contribution in [0.3, 0.4) is 0 Å². The Morgan fingerprint density at radius 3 is 2.53 bits per heavy atom. The van der Waals surface area contributed by atoms with Gasteiger partial charge in [-0.25, -0.2) is 0 Å². The maximum Gasteiger partial charge on any atom is 0.258 e. The second-order valence-corrected chi connectivity index (χ2v) is 8.95. The van der Waals surface area contributed by atoms with Gasteiger partial charge in [-0.2, -0.15) is 4.98 Å². The Morgan fingerprint density at radius 1 is 1.15 bits per heavy atom. The van der Waals surface area contributed by atoms with Crippen molar-refractivity contribution < 1.29 is 14.0 Å². The molecule has 1 aromatic heterocycles. The molecule has 0 saturated carbocycles. The molecule has 34 heavy (non-hydrogen) atoms. The molecule has 0 fully saturated rings. The van der Waals surface area contributed by atoms with Crippen LogP contribution in [0.1, 0.15) is 31.3 Å². The first kappa shape index (κ1) is 24.3. The summed E-state index contributed by atoms with van der Waals surface area (Å²) in [6.07, 6.45) is 2.05. The van der Waals surface area contributed by atoms with E-state index >= 15 is 0 Å². The number of allylic oxidation sites excluding steroid dienone is 1. The third kappa shape index (κ3) is 5.11. The summed E-state index contributed by atoms with van der Waals surface area (Å²) in [7, 11) is 1.68. The lowest BCUT2D eigenvalue weighted by Crippen LogP contribution is -2.47. The molecule has 1 aliphatic rings. The highest BCUT2D eigenvalue weighted by Gasteiger charge is 2.34. The molecule has 4 rings (SSSR count). The van der Waals surface area contributed by atoms with E-state index in [4.69, 9.17) is 31.2 Å². The van der Waals surface area contributed by atoms with Crippen molar-refractivity contribution in [3.05, 3.63) is 65.7 Å². The largest absolute Gasteiger partial charge is 0.494 e. The quantitative estimate of drug-likeness (QED) is 0.319. The lowest BCUT2D eigenvalue weighted by Gasteiger charge is -2.37. The van der Waals surface area contributed by atoms with Gasteiger partial charge in [0.1, 0.15) is 5.75 Å². The molecule has 0 saturated heterocycles. The van der Waals surface area contributed by atoms with Gasteiger partial charge in [0, 0.05) is 29.8 Å². The van der Waals surface area contributed by atoms with Crippen molar-refractivity contribution in [2.45, 2.75) is 24.8 Å². The Kier molecular flexibility index (Phi) is 7.87. The lowest BCUT2D eigenvalue weighted by atomic mass is 9.94. The number of nitrogens with one attached hydrogen (secondary N) is 1. The third-order valence-corrected chi connectivity index (χ3v) is 6.73. The minimum Gasteiger partial charge on any atom is -0.494 e. The Bertz CT molecular complexity index is 1160. The van der Waals surface area contributed by atoms with E-state index in [1.54, 1.807) is 18.9 Å². The van der Waals surface area contributed by atoms with Crippen molar-refractivity contribution in [2.24, 2.45) is 0 Å². The average Bonchev–Trinajstić information content (AvgIpc) is 3.34. The molecule has 0 radical (unpaired) electrons. The van der Waals surface area contributed by atoms with Gasteiger partial charge in [-0.05, 0) is 74.3 Å². The number of ether oxygens (including phenoxy) is 2. The Hall–Kier alpha value is -2.88. The minimum absolute atomic E-state index is 0.242. The monoisotopic (exact) mass is 496 g/mol. The van der Waals surface area contributed by atoms with Crippen LogP contribution in [0.25, 0.3) is 17.0 Å². The van der Waals surface area contributed by atoms with Gasteiger partial charge in [0.05, 0.1) is 24.8 Å². The molecule has 9 heteroatoms. The summed E-state index contributed by atoms with van der Waals surface area (Å²) >= 11 is 7.39. The molecule has 2 aromatic carbocycles. The third-order valence-electron chi connectivity index (χ3n) is 5.64. The fraction of sp³-hybridized carbons (Fsp3) is 0.320. The van der Waals surface area contributed by atoms with Crippen molar-refractivity contribution >= 4 is 34.7 Å². The predicted octanol–water partition coefficient (Wildman–Crippen LogP) is 5.17. The SMILES string of the molecule is CCOc1ccc(C2NC(=S)N(CCOC)C(C)=C2c2nc(-c3ccc(SC)cc3)no2)cc1. The molecule has 178 valence electrons. The molecule has 1 N–H and O–H groups in total. The van der Waals surface area contributed by atoms with Gasteiger partial charge >= 0.3 is 0 Å². The molecular formula is C25H28N4O3S2. The fourth-order valence-corrected chi connectivity index (χ4v) is 4.63. The molecule has 0 bridgehead atoms. The number of hydrogen-bond donors (Lipinski definition) is 1. The molecule has 1 aliphatic heterocycles. The van der Waals surface area contributed by atoms with Crippen LogP contribution in [0.4, 0.5) is 0 Å². The van der Waals surface area contributed by atoms with E-state index < -0.39 is 0 Å². The Labute approximate surface area is 209 Å². The van der Waals surface area contributed by atoms with Gasteiger partial charge in [-0.15, -0.1) is 11.8 Å². The molecule has 0 aliphatic carbocycles. The highest BCUT2D eigenvalue weighted by Crippen LogP contribution is 2.38. The van der Waals surface area contributed by atoms with Crippen LogP contribution in [0.5, 0.6) is 5.75 Å². The molecular weight excluding hydrogens is 468 g/mol. The molecule has 1 atom stereocenters. The smallest absolute Gasteiger partial charge is 0.258 e. The number of methoxy groups -OCH3 is 1. The van der Waals surface area contributed by atoms with Gasteiger partial charge < -0.3 is 24.2 Å². The minimum atomic E-state index is -0.242. The van der Waals surface area contributed by atoms with Gasteiger partial charge in [0.2, 0.25) is 5.82 Å². The molecule has 3 aromatic rings. The zero-order chi connectivity index (χ0) is 24.1. The second-order valence-electron chi connectivity index (χ2n) is 7.68. The number of aromatic nitrogens is 2. The first-order valence-corrected chi connectivity index (χ1v) is 12.7. The van der Waals surface area contributed by atoms with E-state index in [0.29, 0.717) is 36.6 Å². The number of thiocarbonyl (C=S) groups is 1. The standard InChI is InChI=1S/C25H28N4O3S2/c1-5-31-19-10-6-17(7-11-19)22-21(16(2)29(14-15-30-3)25(33)26-22)24-27-23(28-32-24)18-8-12-20(34-4)13-9-18/h6-13,22H,5,14-15H2,1-4H3,(H,26,33). The van der Waals surface area contributed by atoms with Crippen molar-refractivity contribution in [2.75, 3.05) is 33.1 Å². The normalized spacial score (nSPS) is 16.1. The van der Waals surface area contributed by atoms with E-state index in [2.05, 4.69) is 22.6 Å². The van der Waals surface area contributed by atoms with Gasteiger partial charge in [0.15, 0.2) is 5.11 Å². The Balaban J connectivity index is 1.74. The van der Waals surface area contributed by atoms with Crippen LogP contribution >= 0.6 is 24.0 Å². The molecule has 0 amide bonds. The van der Waals surface area contributed by atoms with Crippen molar-refractivity contribution in [3.8, 4) is 17.1 Å². The topological polar surface area (TPSA) is 72.7 Å². The van der Waals surface area contributed by atoms with Crippen LogP contribution in [0, 0.1) is 0 Å². The maximum absolute atomic E-state index is 5.80. The highest BCUT2D eigenvalue weighted by atomic mass is 32.2. The molecule has 2 heterocycles. The second kappa shape index (κ2) is 11.0. The van der Waals surface area contributed by atoms with Crippen LogP contribution in [-0.2, 0) is 4.74 Å². The van der Waals surface area contributed by atoms with Crippen molar-refractivity contribution in [1.82, 2.24) is 20.4 Å². The lowest BCUT2D eigenvalue weighted by molar-refractivity contribution is 0.183. The maximum atomic E-state index is 5.80. The molecule has 1 unspecified atom stereocenters. The highest BCUT2D eigenvalue weighted by molar-refractivity contribution is 7.98. The van der Waals surface area contributed by atoms with E-state index in [9.17, 15) is 0 Å². The van der Waals surface area contributed by atoms with Crippen molar-refractivity contribution in [3.63, 3.8) is 0 Å². The summed E-state index contributed by atoms with van der Waals surface area (Å²) in [4.78, 5) is 7.96. The number of benzene rings is 2. The zero-order valence-corrected chi connectivity index (χ0v) is 21.3. The first-order chi connectivity index (χ1) is 16.5. The van der Waals surface area contributed by atoms with E-state index in [1.165, 1.54) is 4.90 Å². The van der Waals surface area contributed by atoms with Gasteiger partial charge in [0.25, 0.3) is 5.89 Å². The van der Waals surface area contributed by atoms with Crippen LogP contribution < -0.4 is 10.1 Å².